The number of carbonyl (C=O) groups excluding carboxylic acids is 1. The van der Waals surface area contributed by atoms with Gasteiger partial charge in [0, 0.05) is 30.4 Å². The highest BCUT2D eigenvalue weighted by Crippen LogP contribution is 2.23. The molecule has 2 aromatic carbocycles. The number of phenols is 1. The van der Waals surface area contributed by atoms with E-state index in [9.17, 15) is 9.90 Å². The van der Waals surface area contributed by atoms with E-state index in [1.54, 1.807) is 18.2 Å². The topological polar surface area (TPSA) is 74.2 Å². The lowest BCUT2D eigenvalue weighted by Gasteiger charge is -2.21. The van der Waals surface area contributed by atoms with Crippen LogP contribution in [0.1, 0.15) is 25.0 Å². The lowest BCUT2D eigenvalue weighted by molar-refractivity contribution is -0.123. The van der Waals surface area contributed by atoms with E-state index in [1.807, 2.05) is 31.2 Å². The third-order valence-corrected chi connectivity index (χ3v) is 3.89. The minimum absolute atomic E-state index is 0.114. The number of hydrogen-bond acceptors (Lipinski definition) is 5. The number of amides is 1. The molecule has 0 spiro atoms. The van der Waals surface area contributed by atoms with Crippen LogP contribution in [0.3, 0.4) is 0 Å². The Bertz CT molecular complexity index is 771. The number of aromatic hydroxyl groups is 1. The third-order valence-electron chi connectivity index (χ3n) is 3.89. The Kier molecular flexibility index (Phi) is 7.02. The van der Waals surface area contributed by atoms with Gasteiger partial charge in [0.15, 0.2) is 6.61 Å². The number of hydrogen-bond donors (Lipinski definition) is 2. The summed E-state index contributed by atoms with van der Waals surface area (Å²) in [6.07, 6.45) is 1.41. The van der Waals surface area contributed by atoms with Gasteiger partial charge in [-0.2, -0.15) is 5.10 Å². The van der Waals surface area contributed by atoms with Crippen molar-refractivity contribution < 1.29 is 14.6 Å². The fraction of sp³-hybridized carbons (Fsp3) is 0.300. The molecule has 0 aliphatic carbocycles. The predicted molar refractivity (Wildman–Crippen MR) is 104 cm³/mol. The number of phenolic OH excluding ortho intramolecular Hbond substituents is 1. The average molecular weight is 355 g/mol. The maximum Gasteiger partial charge on any atom is 0.277 e. The Morgan fingerprint density at radius 2 is 2.00 bits per heavy atom. The van der Waals surface area contributed by atoms with Gasteiger partial charge in [0.05, 0.1) is 6.21 Å². The van der Waals surface area contributed by atoms with Crippen molar-refractivity contribution in [1.82, 2.24) is 5.43 Å². The quantitative estimate of drug-likeness (QED) is 0.564. The van der Waals surface area contributed by atoms with Gasteiger partial charge >= 0.3 is 0 Å². The number of benzene rings is 2. The van der Waals surface area contributed by atoms with Crippen LogP contribution >= 0.6 is 0 Å². The van der Waals surface area contributed by atoms with E-state index in [0.717, 1.165) is 24.3 Å². The van der Waals surface area contributed by atoms with Gasteiger partial charge in [0.25, 0.3) is 5.91 Å². The second kappa shape index (κ2) is 9.46. The Morgan fingerprint density at radius 3 is 2.65 bits per heavy atom. The van der Waals surface area contributed by atoms with Gasteiger partial charge in [0.2, 0.25) is 0 Å². The van der Waals surface area contributed by atoms with Gasteiger partial charge in [-0.25, -0.2) is 5.43 Å². The molecule has 0 bridgehead atoms. The van der Waals surface area contributed by atoms with E-state index in [0.29, 0.717) is 11.3 Å². The summed E-state index contributed by atoms with van der Waals surface area (Å²) < 4.78 is 5.40. The number of nitrogens with one attached hydrogen (secondary N) is 1. The summed E-state index contributed by atoms with van der Waals surface area (Å²) in [5.41, 5.74) is 4.92. The molecule has 0 saturated heterocycles. The van der Waals surface area contributed by atoms with Gasteiger partial charge in [-0.1, -0.05) is 12.1 Å². The summed E-state index contributed by atoms with van der Waals surface area (Å²) in [5, 5.41) is 14.0. The highest BCUT2D eigenvalue weighted by Gasteiger charge is 2.06. The van der Waals surface area contributed by atoms with Crippen molar-refractivity contribution in [2.75, 3.05) is 24.6 Å². The number of rotatable bonds is 8. The van der Waals surface area contributed by atoms with Gasteiger partial charge in [-0.3, -0.25) is 4.79 Å². The zero-order valence-electron chi connectivity index (χ0n) is 15.4. The number of anilines is 1. The summed E-state index contributed by atoms with van der Waals surface area (Å²) in [4.78, 5) is 13.9. The summed E-state index contributed by atoms with van der Waals surface area (Å²) in [7, 11) is 0. The molecule has 26 heavy (non-hydrogen) atoms. The molecule has 0 aromatic heterocycles. The molecule has 0 aliphatic rings. The molecule has 2 N–H and O–H groups in total. The van der Waals surface area contributed by atoms with E-state index >= 15 is 0 Å². The van der Waals surface area contributed by atoms with E-state index in [2.05, 4.69) is 29.3 Å². The van der Waals surface area contributed by atoms with E-state index < -0.39 is 0 Å². The van der Waals surface area contributed by atoms with Crippen molar-refractivity contribution in [2.24, 2.45) is 5.10 Å². The molecule has 0 heterocycles. The minimum Gasteiger partial charge on any atom is -0.507 e. The summed E-state index contributed by atoms with van der Waals surface area (Å²) in [6, 6.07) is 12.8. The molecule has 0 atom stereocenters. The average Bonchev–Trinajstić information content (AvgIpc) is 2.63. The Hall–Kier alpha value is -3.02. The van der Waals surface area contributed by atoms with Crippen LogP contribution in [0.2, 0.25) is 0 Å². The second-order valence-electron chi connectivity index (χ2n) is 5.81. The van der Waals surface area contributed by atoms with Gasteiger partial charge < -0.3 is 14.7 Å². The molecule has 0 radical (unpaired) electrons. The Morgan fingerprint density at radius 1 is 1.23 bits per heavy atom. The normalized spacial score (nSPS) is 10.7. The first-order chi connectivity index (χ1) is 12.5. The smallest absolute Gasteiger partial charge is 0.277 e. The fourth-order valence-corrected chi connectivity index (χ4v) is 2.49. The highest BCUT2D eigenvalue weighted by atomic mass is 16.5. The summed E-state index contributed by atoms with van der Waals surface area (Å²) >= 11 is 0. The first-order valence-corrected chi connectivity index (χ1v) is 8.62. The largest absolute Gasteiger partial charge is 0.507 e. The standard InChI is InChI=1S/C20H25N3O3/c1-4-23(5-2)17-10-9-16(19(24)12-17)13-21-22-20(25)14-26-18-8-6-7-15(3)11-18/h6-13,24H,4-5,14H2,1-3H3,(H,22,25)/b21-13+. The molecule has 2 rings (SSSR count). The molecule has 1 amide bonds. The lowest BCUT2D eigenvalue weighted by Crippen LogP contribution is -2.24. The second-order valence-corrected chi connectivity index (χ2v) is 5.81. The molecule has 0 fully saturated rings. The van der Waals surface area contributed by atoms with Crippen LogP contribution in [0.25, 0.3) is 0 Å². The zero-order valence-corrected chi connectivity index (χ0v) is 15.4. The molecular weight excluding hydrogens is 330 g/mol. The molecule has 138 valence electrons. The van der Waals surface area contributed by atoms with Gasteiger partial charge in [-0.15, -0.1) is 0 Å². The van der Waals surface area contributed by atoms with Crippen LogP contribution in [0.5, 0.6) is 11.5 Å². The maximum atomic E-state index is 11.8. The number of aryl methyl sites for hydroxylation is 1. The van der Waals surface area contributed by atoms with Crippen LogP contribution in [0, 0.1) is 6.92 Å². The van der Waals surface area contributed by atoms with E-state index in [4.69, 9.17) is 4.74 Å². The molecule has 0 aliphatic heterocycles. The predicted octanol–water partition coefficient (Wildman–Crippen LogP) is 3.08. The maximum absolute atomic E-state index is 11.8. The van der Waals surface area contributed by atoms with Crippen molar-refractivity contribution in [3.63, 3.8) is 0 Å². The molecule has 6 nitrogen and oxygen atoms in total. The number of ether oxygens (including phenoxy) is 1. The molecule has 0 saturated carbocycles. The van der Waals surface area contributed by atoms with Crippen LogP contribution < -0.4 is 15.1 Å². The zero-order chi connectivity index (χ0) is 18.9. The van der Waals surface area contributed by atoms with Crippen molar-refractivity contribution in [3.05, 3.63) is 53.6 Å². The lowest BCUT2D eigenvalue weighted by atomic mass is 10.2. The van der Waals surface area contributed by atoms with Crippen molar-refractivity contribution in [1.29, 1.82) is 0 Å². The summed E-state index contributed by atoms with van der Waals surface area (Å²) in [5.74, 6) is 0.374. The van der Waals surface area contributed by atoms with E-state index in [-0.39, 0.29) is 18.3 Å². The number of nitrogens with zero attached hydrogens (tertiary/aromatic N) is 2. The van der Waals surface area contributed by atoms with Crippen LogP contribution in [-0.4, -0.2) is 36.9 Å². The summed E-state index contributed by atoms with van der Waals surface area (Å²) in [6.45, 7) is 7.66. The first kappa shape index (κ1) is 19.3. The minimum atomic E-state index is -0.373. The number of hydrazone groups is 1. The molecule has 6 heteroatoms. The van der Waals surface area contributed by atoms with Crippen molar-refractivity contribution >= 4 is 17.8 Å². The SMILES string of the molecule is CCN(CC)c1ccc(/C=N/NC(=O)COc2cccc(C)c2)c(O)c1. The number of carbonyl (C=O) groups is 1. The van der Waals surface area contributed by atoms with Crippen LogP contribution in [0.4, 0.5) is 5.69 Å². The van der Waals surface area contributed by atoms with Crippen molar-refractivity contribution in [3.8, 4) is 11.5 Å². The van der Waals surface area contributed by atoms with Crippen LogP contribution in [0.15, 0.2) is 47.6 Å². The Balaban J connectivity index is 1.88. The molecule has 2 aromatic rings. The Labute approximate surface area is 154 Å². The first-order valence-electron chi connectivity index (χ1n) is 8.62. The van der Waals surface area contributed by atoms with E-state index in [1.165, 1.54) is 6.21 Å². The van der Waals surface area contributed by atoms with Gasteiger partial charge in [-0.05, 0) is 50.6 Å². The molecular formula is C20H25N3O3. The van der Waals surface area contributed by atoms with Gasteiger partial charge in [0.1, 0.15) is 11.5 Å². The fourth-order valence-electron chi connectivity index (χ4n) is 2.49. The monoisotopic (exact) mass is 355 g/mol. The highest BCUT2D eigenvalue weighted by molar-refractivity contribution is 5.86. The van der Waals surface area contributed by atoms with Crippen molar-refractivity contribution in [2.45, 2.75) is 20.8 Å². The molecule has 0 unspecified atom stereocenters. The van der Waals surface area contributed by atoms with Crippen LogP contribution in [-0.2, 0) is 4.79 Å². The third kappa shape index (κ3) is 5.51.